The summed E-state index contributed by atoms with van der Waals surface area (Å²) >= 11 is 3.73. The number of halogens is 1. The van der Waals surface area contributed by atoms with Gasteiger partial charge in [0, 0.05) is 24.2 Å². The third-order valence-corrected chi connectivity index (χ3v) is 8.59. The van der Waals surface area contributed by atoms with Gasteiger partial charge in [-0.15, -0.1) is 11.8 Å². The minimum Gasteiger partial charge on any atom is -0.489 e. The van der Waals surface area contributed by atoms with Crippen molar-refractivity contribution in [3.8, 4) is 5.75 Å². The Morgan fingerprint density at radius 1 is 1.00 bits per heavy atom. The summed E-state index contributed by atoms with van der Waals surface area (Å²) in [6, 6.07) is 25.6. The summed E-state index contributed by atoms with van der Waals surface area (Å²) in [5.41, 5.74) is 2.76. The molecule has 0 spiro atoms. The number of ketones is 1. The third kappa shape index (κ3) is 6.39. The number of aliphatic hydroxyl groups is 1. The number of ether oxygens (including phenoxy) is 3. The van der Waals surface area contributed by atoms with Crippen molar-refractivity contribution in [3.05, 3.63) is 111 Å². The van der Waals surface area contributed by atoms with E-state index in [9.17, 15) is 9.90 Å². The molecule has 5 nitrogen and oxygen atoms in total. The average Bonchev–Trinajstić information content (AvgIpc) is 2.92. The van der Waals surface area contributed by atoms with Crippen molar-refractivity contribution in [1.82, 2.24) is 0 Å². The van der Waals surface area contributed by atoms with Crippen molar-refractivity contribution < 1.29 is 24.1 Å². The number of allylic oxidation sites excluding steroid dienone is 1. The molecule has 0 saturated carbocycles. The van der Waals surface area contributed by atoms with Crippen LogP contribution in [0.5, 0.6) is 5.75 Å². The molecular formula is C29H29IO5S. The van der Waals surface area contributed by atoms with Crippen molar-refractivity contribution in [2.24, 2.45) is 0 Å². The number of carbonyl (C=O) groups is 1. The fourth-order valence-corrected chi connectivity index (χ4v) is 6.25. The molecule has 3 aromatic carbocycles. The fraction of sp³-hybridized carbons (Fsp3) is 0.276. The zero-order chi connectivity index (χ0) is 25.5. The van der Waals surface area contributed by atoms with Gasteiger partial charge >= 0.3 is 0 Å². The molecule has 3 atom stereocenters. The Labute approximate surface area is 230 Å². The number of hydrogen-bond acceptors (Lipinski definition) is 6. The highest BCUT2D eigenvalue weighted by Gasteiger charge is 2.44. The second-order valence-corrected chi connectivity index (χ2v) is 11.1. The van der Waals surface area contributed by atoms with E-state index in [4.69, 9.17) is 14.2 Å². The third-order valence-electron chi connectivity index (χ3n) is 6.22. The van der Waals surface area contributed by atoms with Gasteiger partial charge in [0.05, 0.1) is 16.6 Å². The lowest BCUT2D eigenvalue weighted by Gasteiger charge is -2.39. The van der Waals surface area contributed by atoms with Gasteiger partial charge < -0.3 is 19.3 Å². The van der Waals surface area contributed by atoms with E-state index >= 15 is 0 Å². The van der Waals surface area contributed by atoms with Crippen molar-refractivity contribution in [2.45, 2.75) is 35.4 Å². The van der Waals surface area contributed by atoms with E-state index < -0.39 is 17.1 Å². The Kier molecular flexibility index (Phi) is 9.25. The van der Waals surface area contributed by atoms with Gasteiger partial charge in [0.25, 0.3) is 0 Å². The SMILES string of the molecule is COC1(OC)C=CC(=O)C[C@@H]1S[C@H](c1cccc(OCc2ccccc2)c1)[C@@H](O)c1ccc(I)cc1. The van der Waals surface area contributed by atoms with Crippen LogP contribution in [-0.2, 0) is 20.9 Å². The van der Waals surface area contributed by atoms with Gasteiger partial charge in [0.1, 0.15) is 12.4 Å². The number of benzene rings is 3. The quantitative estimate of drug-likeness (QED) is 0.214. The largest absolute Gasteiger partial charge is 0.489 e. The first kappa shape index (κ1) is 26.9. The Hall–Kier alpha value is -2.17. The van der Waals surface area contributed by atoms with Crippen molar-refractivity contribution in [3.63, 3.8) is 0 Å². The molecule has 36 heavy (non-hydrogen) atoms. The van der Waals surface area contributed by atoms with Crippen LogP contribution in [0.1, 0.15) is 34.5 Å². The summed E-state index contributed by atoms with van der Waals surface area (Å²) in [4.78, 5) is 12.4. The van der Waals surface area contributed by atoms with E-state index in [0.29, 0.717) is 12.4 Å². The predicted molar refractivity (Wildman–Crippen MR) is 151 cm³/mol. The van der Waals surface area contributed by atoms with Crippen LogP contribution in [0.2, 0.25) is 0 Å². The van der Waals surface area contributed by atoms with Crippen LogP contribution < -0.4 is 4.74 Å². The van der Waals surface area contributed by atoms with Gasteiger partial charge in [-0.05, 0) is 75.7 Å². The Morgan fingerprint density at radius 3 is 2.42 bits per heavy atom. The number of carbonyl (C=O) groups excluding carboxylic acids is 1. The van der Waals surface area contributed by atoms with Crippen LogP contribution in [0.15, 0.2) is 91.0 Å². The highest BCUT2D eigenvalue weighted by molar-refractivity contribution is 14.1. The molecule has 0 saturated heterocycles. The molecule has 4 rings (SSSR count). The van der Waals surface area contributed by atoms with Gasteiger partial charge in [0.2, 0.25) is 0 Å². The molecule has 0 bridgehead atoms. The van der Waals surface area contributed by atoms with E-state index in [0.717, 1.165) is 20.3 Å². The molecular weight excluding hydrogens is 587 g/mol. The summed E-state index contributed by atoms with van der Waals surface area (Å²) < 4.78 is 18.7. The summed E-state index contributed by atoms with van der Waals surface area (Å²) in [6.07, 6.45) is 2.59. The zero-order valence-corrected chi connectivity index (χ0v) is 23.1. The molecule has 1 aliphatic rings. The van der Waals surface area contributed by atoms with E-state index in [-0.39, 0.29) is 17.5 Å². The molecule has 0 unspecified atom stereocenters. The average molecular weight is 617 g/mol. The van der Waals surface area contributed by atoms with Crippen LogP contribution in [0.3, 0.4) is 0 Å². The number of methoxy groups -OCH3 is 2. The van der Waals surface area contributed by atoms with Crippen molar-refractivity contribution in [2.75, 3.05) is 14.2 Å². The summed E-state index contributed by atoms with van der Waals surface area (Å²) in [7, 11) is 3.14. The van der Waals surface area contributed by atoms with Crippen LogP contribution in [0.4, 0.5) is 0 Å². The standard InChI is InChI=1S/C29H29IO5S/c1-33-29(34-2)16-15-24(31)18-26(29)36-28(27(32)21-11-13-23(30)14-12-21)22-9-6-10-25(17-22)35-19-20-7-4-3-5-8-20/h3-17,26-28,32H,18-19H2,1-2H3/t26-,27-,28+/m0/s1. The Morgan fingerprint density at radius 2 is 1.72 bits per heavy atom. The maximum absolute atomic E-state index is 12.4. The lowest BCUT2D eigenvalue weighted by Crippen LogP contribution is -2.46. The minimum atomic E-state index is -1.07. The second kappa shape index (κ2) is 12.4. The molecule has 1 N–H and O–H groups in total. The molecule has 3 aromatic rings. The Bertz CT molecular complexity index is 1180. The first-order valence-electron chi connectivity index (χ1n) is 11.6. The summed E-state index contributed by atoms with van der Waals surface area (Å²) in [5.74, 6) is -0.356. The molecule has 0 radical (unpaired) electrons. The fourth-order valence-electron chi connectivity index (χ4n) is 4.20. The molecule has 0 aromatic heterocycles. The monoisotopic (exact) mass is 616 g/mol. The van der Waals surface area contributed by atoms with Crippen LogP contribution in [0, 0.1) is 3.57 Å². The van der Waals surface area contributed by atoms with Gasteiger partial charge in [-0.3, -0.25) is 4.79 Å². The highest BCUT2D eigenvalue weighted by atomic mass is 127. The van der Waals surface area contributed by atoms with Gasteiger partial charge in [-0.1, -0.05) is 54.6 Å². The van der Waals surface area contributed by atoms with Crippen LogP contribution >= 0.6 is 34.4 Å². The first-order chi connectivity index (χ1) is 17.4. The normalized spacial score (nSPS) is 18.6. The topological polar surface area (TPSA) is 65.0 Å². The summed E-state index contributed by atoms with van der Waals surface area (Å²) in [6.45, 7) is 0.445. The number of hydrogen-bond donors (Lipinski definition) is 1. The highest BCUT2D eigenvalue weighted by Crippen LogP contribution is 2.48. The number of aliphatic hydroxyl groups excluding tert-OH is 1. The minimum absolute atomic E-state index is 0.000301. The molecule has 0 aliphatic heterocycles. The van der Waals surface area contributed by atoms with Gasteiger partial charge in [-0.25, -0.2) is 0 Å². The maximum Gasteiger partial charge on any atom is 0.200 e. The van der Waals surface area contributed by atoms with E-state index in [1.165, 1.54) is 17.8 Å². The lowest BCUT2D eigenvalue weighted by atomic mass is 9.99. The summed E-state index contributed by atoms with van der Waals surface area (Å²) in [5, 5.41) is 10.8. The molecule has 7 heteroatoms. The predicted octanol–water partition coefficient (Wildman–Crippen LogP) is 6.26. The van der Waals surface area contributed by atoms with Crippen molar-refractivity contribution in [1.29, 1.82) is 0 Å². The maximum atomic E-state index is 12.4. The molecule has 1 aliphatic carbocycles. The van der Waals surface area contributed by atoms with E-state index in [2.05, 4.69) is 22.6 Å². The molecule has 0 heterocycles. The molecule has 0 amide bonds. The van der Waals surface area contributed by atoms with E-state index in [1.54, 1.807) is 20.3 Å². The lowest BCUT2D eigenvalue weighted by molar-refractivity contribution is -0.174. The first-order valence-corrected chi connectivity index (χ1v) is 13.6. The Balaban J connectivity index is 1.66. The smallest absolute Gasteiger partial charge is 0.200 e. The zero-order valence-electron chi connectivity index (χ0n) is 20.2. The van der Waals surface area contributed by atoms with Gasteiger partial charge in [0.15, 0.2) is 11.6 Å². The molecule has 0 fully saturated rings. The second-order valence-electron chi connectivity index (χ2n) is 8.52. The van der Waals surface area contributed by atoms with Crippen molar-refractivity contribution >= 4 is 40.1 Å². The number of rotatable bonds is 10. The van der Waals surface area contributed by atoms with Crippen LogP contribution in [0.25, 0.3) is 0 Å². The molecule has 188 valence electrons. The van der Waals surface area contributed by atoms with E-state index in [1.807, 2.05) is 78.9 Å². The van der Waals surface area contributed by atoms with Gasteiger partial charge in [-0.2, -0.15) is 0 Å². The number of thioether (sulfide) groups is 1. The van der Waals surface area contributed by atoms with Crippen LogP contribution in [-0.4, -0.2) is 36.1 Å².